The van der Waals surface area contributed by atoms with E-state index in [-0.39, 0.29) is 9.99 Å². The van der Waals surface area contributed by atoms with Crippen LogP contribution in [0.4, 0.5) is 0 Å². The smallest absolute Gasteiger partial charge is 0.242 e. The van der Waals surface area contributed by atoms with Gasteiger partial charge in [0.2, 0.25) is 5.91 Å². The first kappa shape index (κ1) is 14.8. The van der Waals surface area contributed by atoms with Gasteiger partial charge in [-0.2, -0.15) is 5.10 Å². The van der Waals surface area contributed by atoms with Gasteiger partial charge in [0, 0.05) is 16.5 Å². The maximum Gasteiger partial charge on any atom is 0.242 e. The number of nitrogens with one attached hydrogen (secondary N) is 1. The molecule has 1 fully saturated rings. The molecule has 1 N–H and O–H groups in total. The van der Waals surface area contributed by atoms with E-state index in [1.165, 1.54) is 0 Å². The molecule has 1 amide bonds. The summed E-state index contributed by atoms with van der Waals surface area (Å²) in [6.45, 7) is 2.11. The molecule has 0 unspecified atom stereocenters. The van der Waals surface area contributed by atoms with Crippen LogP contribution in [-0.4, -0.2) is 27.7 Å². The average Bonchev–Trinajstić information content (AvgIpc) is 2.78. The third-order valence-electron chi connectivity index (χ3n) is 2.65. The summed E-state index contributed by atoms with van der Waals surface area (Å²) in [5.41, 5.74) is 3.47. The molecule has 1 heterocycles. The Hall–Kier alpha value is -0.650. The molecule has 2 rings (SSSR count). The molecule has 1 aromatic carbocycles. The van der Waals surface area contributed by atoms with Gasteiger partial charge in [0.15, 0.2) is 0 Å². The lowest BCUT2D eigenvalue weighted by Gasteiger charge is -2.19. The minimum atomic E-state index is -0.0467. The molecule has 0 saturated carbocycles. The number of hydrogen-bond acceptors (Lipinski definition) is 4. The van der Waals surface area contributed by atoms with E-state index in [0.29, 0.717) is 11.4 Å². The van der Waals surface area contributed by atoms with Crippen LogP contribution in [-0.2, 0) is 4.79 Å². The average molecular weight is 315 g/mol. The van der Waals surface area contributed by atoms with Crippen LogP contribution in [0.15, 0.2) is 29.4 Å². The number of rotatable bonds is 4. The Morgan fingerprint density at radius 2 is 2.05 bits per heavy atom. The van der Waals surface area contributed by atoms with E-state index >= 15 is 0 Å². The van der Waals surface area contributed by atoms with Crippen LogP contribution >= 0.6 is 35.1 Å². The number of amides is 1. The van der Waals surface area contributed by atoms with Crippen molar-refractivity contribution < 1.29 is 4.79 Å². The van der Waals surface area contributed by atoms with Crippen molar-refractivity contribution in [2.75, 3.05) is 11.5 Å². The zero-order valence-corrected chi connectivity index (χ0v) is 12.9. The fourth-order valence-electron chi connectivity index (χ4n) is 1.72. The van der Waals surface area contributed by atoms with Gasteiger partial charge in [0.1, 0.15) is 0 Å². The van der Waals surface area contributed by atoms with Gasteiger partial charge in [-0.25, -0.2) is 5.43 Å². The summed E-state index contributed by atoms with van der Waals surface area (Å²) in [5, 5.41) is 4.64. The highest BCUT2D eigenvalue weighted by atomic mass is 35.5. The molecule has 1 aromatic rings. The minimum absolute atomic E-state index is 0.000123. The van der Waals surface area contributed by atoms with Crippen LogP contribution in [0, 0.1) is 0 Å². The summed E-state index contributed by atoms with van der Waals surface area (Å²) in [7, 11) is 0. The van der Waals surface area contributed by atoms with Crippen molar-refractivity contribution in [2.45, 2.75) is 17.4 Å². The highest BCUT2D eigenvalue weighted by molar-refractivity contribution is 8.21. The lowest BCUT2D eigenvalue weighted by atomic mass is 10.2. The zero-order valence-electron chi connectivity index (χ0n) is 10.6. The van der Waals surface area contributed by atoms with E-state index in [0.717, 1.165) is 17.1 Å². The van der Waals surface area contributed by atoms with E-state index in [1.54, 1.807) is 18.3 Å². The third-order valence-corrected chi connectivity index (χ3v) is 6.20. The maximum absolute atomic E-state index is 11.8. The van der Waals surface area contributed by atoms with Gasteiger partial charge >= 0.3 is 0 Å². The Morgan fingerprint density at radius 3 is 2.68 bits per heavy atom. The summed E-state index contributed by atoms with van der Waals surface area (Å²) in [6.07, 6.45) is 2.10. The SMILES string of the molecule is CC1(CC(=O)NN=Cc2ccc(Cl)cc2)SCCS1. The number of halogens is 1. The minimum Gasteiger partial charge on any atom is -0.273 e. The van der Waals surface area contributed by atoms with Crippen LogP contribution in [0.5, 0.6) is 0 Å². The predicted octanol–water partition coefficient (Wildman–Crippen LogP) is 3.38. The van der Waals surface area contributed by atoms with Gasteiger partial charge in [0.25, 0.3) is 0 Å². The Morgan fingerprint density at radius 1 is 1.42 bits per heavy atom. The fraction of sp³-hybridized carbons (Fsp3) is 0.385. The summed E-state index contributed by atoms with van der Waals surface area (Å²) in [5.74, 6) is 2.18. The van der Waals surface area contributed by atoms with Crippen molar-refractivity contribution in [2.24, 2.45) is 5.10 Å². The quantitative estimate of drug-likeness (QED) is 0.684. The molecule has 102 valence electrons. The fourth-order valence-corrected chi connectivity index (χ4v) is 4.67. The highest BCUT2D eigenvalue weighted by Gasteiger charge is 2.32. The second-order valence-corrected chi connectivity index (χ2v) is 8.24. The van der Waals surface area contributed by atoms with Crippen molar-refractivity contribution in [1.29, 1.82) is 0 Å². The lowest BCUT2D eigenvalue weighted by Crippen LogP contribution is -2.26. The van der Waals surface area contributed by atoms with Crippen molar-refractivity contribution in [3.8, 4) is 0 Å². The standard InChI is InChI=1S/C13H15ClN2OS2/c1-13(18-6-7-19-13)8-12(17)16-15-9-10-2-4-11(14)5-3-10/h2-5,9H,6-8H2,1H3,(H,16,17). The third kappa shape index (κ3) is 4.75. The van der Waals surface area contributed by atoms with Gasteiger partial charge in [-0.3, -0.25) is 4.79 Å². The number of carbonyl (C=O) groups is 1. The van der Waals surface area contributed by atoms with Crippen LogP contribution in [0.2, 0.25) is 5.02 Å². The molecule has 0 aliphatic carbocycles. The summed E-state index contributed by atoms with van der Waals surface area (Å²) in [6, 6.07) is 7.28. The summed E-state index contributed by atoms with van der Waals surface area (Å²) in [4.78, 5) is 11.8. The van der Waals surface area contributed by atoms with Gasteiger partial charge in [-0.1, -0.05) is 23.7 Å². The predicted molar refractivity (Wildman–Crippen MR) is 85.1 cm³/mol. The van der Waals surface area contributed by atoms with Gasteiger partial charge in [0.05, 0.1) is 16.7 Å². The lowest BCUT2D eigenvalue weighted by molar-refractivity contribution is -0.121. The monoisotopic (exact) mass is 314 g/mol. The van der Waals surface area contributed by atoms with E-state index in [1.807, 2.05) is 35.7 Å². The molecule has 1 saturated heterocycles. The van der Waals surface area contributed by atoms with Crippen molar-refractivity contribution >= 4 is 47.2 Å². The molecule has 0 radical (unpaired) electrons. The largest absolute Gasteiger partial charge is 0.273 e. The van der Waals surface area contributed by atoms with Crippen LogP contribution < -0.4 is 5.43 Å². The Balaban J connectivity index is 1.81. The first-order chi connectivity index (χ1) is 9.07. The highest BCUT2D eigenvalue weighted by Crippen LogP contribution is 2.45. The van der Waals surface area contributed by atoms with E-state index < -0.39 is 0 Å². The summed E-state index contributed by atoms with van der Waals surface area (Å²) < 4.78 is -0.000123. The molecule has 19 heavy (non-hydrogen) atoms. The molecule has 0 bridgehead atoms. The van der Waals surface area contributed by atoms with Crippen LogP contribution in [0.1, 0.15) is 18.9 Å². The molecule has 6 heteroatoms. The Labute approximate surface area is 126 Å². The molecular formula is C13H15ClN2OS2. The molecule has 0 atom stereocenters. The van der Waals surface area contributed by atoms with Gasteiger partial charge in [-0.05, 0) is 24.6 Å². The maximum atomic E-state index is 11.8. The second kappa shape index (κ2) is 6.68. The van der Waals surface area contributed by atoms with Gasteiger partial charge < -0.3 is 0 Å². The molecule has 1 aliphatic rings. The van der Waals surface area contributed by atoms with E-state index in [2.05, 4.69) is 17.5 Å². The molecular weight excluding hydrogens is 300 g/mol. The van der Waals surface area contributed by atoms with Crippen molar-refractivity contribution in [3.05, 3.63) is 34.9 Å². The number of thioether (sulfide) groups is 2. The van der Waals surface area contributed by atoms with E-state index in [9.17, 15) is 4.79 Å². The molecule has 1 aliphatic heterocycles. The van der Waals surface area contributed by atoms with Crippen molar-refractivity contribution in [1.82, 2.24) is 5.43 Å². The van der Waals surface area contributed by atoms with Crippen LogP contribution in [0.3, 0.4) is 0 Å². The topological polar surface area (TPSA) is 41.5 Å². The van der Waals surface area contributed by atoms with E-state index in [4.69, 9.17) is 11.6 Å². The molecule has 0 aromatic heterocycles. The van der Waals surface area contributed by atoms with Gasteiger partial charge in [-0.15, -0.1) is 23.5 Å². The first-order valence-electron chi connectivity index (χ1n) is 5.93. The normalized spacial score (nSPS) is 17.8. The Kier molecular flexibility index (Phi) is 5.19. The second-order valence-electron chi connectivity index (χ2n) is 4.35. The summed E-state index contributed by atoms with van der Waals surface area (Å²) >= 11 is 9.47. The molecule has 3 nitrogen and oxygen atoms in total. The van der Waals surface area contributed by atoms with Crippen LogP contribution in [0.25, 0.3) is 0 Å². The Bertz CT molecular complexity index is 470. The number of nitrogens with zero attached hydrogens (tertiary/aromatic N) is 1. The first-order valence-corrected chi connectivity index (χ1v) is 8.28. The number of carbonyl (C=O) groups excluding carboxylic acids is 1. The number of hydrazone groups is 1. The molecule has 0 spiro atoms. The number of hydrogen-bond donors (Lipinski definition) is 1. The number of benzene rings is 1. The zero-order chi connectivity index (χ0) is 13.7. The van der Waals surface area contributed by atoms with Crippen molar-refractivity contribution in [3.63, 3.8) is 0 Å².